The summed E-state index contributed by atoms with van der Waals surface area (Å²) in [5.74, 6) is -0.769. The lowest BCUT2D eigenvalue weighted by molar-refractivity contribution is -0.134. The Morgan fingerprint density at radius 1 is 1.10 bits per heavy atom. The number of benzene rings is 2. The lowest BCUT2D eigenvalue weighted by Gasteiger charge is -2.34. The quantitative estimate of drug-likeness (QED) is 0.640. The highest BCUT2D eigenvalue weighted by Crippen LogP contribution is 2.34. The number of nitrogens with zero attached hydrogens (tertiary/aromatic N) is 1. The van der Waals surface area contributed by atoms with Gasteiger partial charge in [0.2, 0.25) is 0 Å². The maximum Gasteiger partial charge on any atom is 0.339 e. The minimum atomic E-state index is -1.25. The lowest BCUT2D eigenvalue weighted by Crippen LogP contribution is -2.49. The molecule has 2 aliphatic heterocycles. The van der Waals surface area contributed by atoms with Crippen molar-refractivity contribution in [3.63, 3.8) is 0 Å². The SMILES string of the molecule is CC1(C(=O)Nc2ccccc2N2CCc3sccc3C2)Cc2ccccc2C(=O)O1. The van der Waals surface area contributed by atoms with Crippen molar-refractivity contribution in [3.05, 3.63) is 81.5 Å². The van der Waals surface area contributed by atoms with Crippen LogP contribution in [-0.2, 0) is 28.9 Å². The van der Waals surface area contributed by atoms with Crippen LogP contribution in [0.4, 0.5) is 11.4 Å². The molecule has 3 aromatic rings. The van der Waals surface area contributed by atoms with Gasteiger partial charge in [-0.05, 0) is 54.1 Å². The van der Waals surface area contributed by atoms with Gasteiger partial charge in [0, 0.05) is 24.4 Å². The first-order valence-electron chi connectivity index (χ1n) is 10.1. The molecule has 0 saturated heterocycles. The molecule has 1 aromatic heterocycles. The van der Waals surface area contributed by atoms with Crippen LogP contribution >= 0.6 is 11.3 Å². The van der Waals surface area contributed by atoms with Gasteiger partial charge >= 0.3 is 5.97 Å². The van der Waals surface area contributed by atoms with Crippen LogP contribution in [0.2, 0.25) is 0 Å². The summed E-state index contributed by atoms with van der Waals surface area (Å²) in [5, 5.41) is 5.17. The van der Waals surface area contributed by atoms with Crippen LogP contribution in [0.25, 0.3) is 0 Å². The number of amides is 1. The molecule has 0 radical (unpaired) electrons. The van der Waals surface area contributed by atoms with Crippen LogP contribution < -0.4 is 10.2 Å². The largest absolute Gasteiger partial charge is 0.445 e. The van der Waals surface area contributed by atoms with Crippen molar-refractivity contribution >= 4 is 34.6 Å². The number of hydrogen-bond donors (Lipinski definition) is 1. The highest BCUT2D eigenvalue weighted by molar-refractivity contribution is 7.10. The molecule has 5 rings (SSSR count). The summed E-state index contributed by atoms with van der Waals surface area (Å²) in [5.41, 5.74) is 3.17. The van der Waals surface area contributed by atoms with Crippen LogP contribution in [0.1, 0.15) is 33.3 Å². The first-order chi connectivity index (χ1) is 14.5. The number of hydrogen-bond acceptors (Lipinski definition) is 5. The number of carbonyl (C=O) groups is 2. The molecule has 30 heavy (non-hydrogen) atoms. The van der Waals surface area contributed by atoms with Gasteiger partial charge < -0.3 is 15.0 Å². The molecule has 0 saturated carbocycles. The molecule has 5 nitrogen and oxygen atoms in total. The lowest BCUT2D eigenvalue weighted by atomic mass is 9.89. The van der Waals surface area contributed by atoms with Gasteiger partial charge in [-0.25, -0.2) is 4.79 Å². The van der Waals surface area contributed by atoms with E-state index in [1.54, 1.807) is 30.4 Å². The van der Waals surface area contributed by atoms with Crippen molar-refractivity contribution in [1.29, 1.82) is 0 Å². The average molecular weight is 419 g/mol. The molecule has 6 heteroatoms. The van der Waals surface area contributed by atoms with Crippen molar-refractivity contribution in [2.45, 2.75) is 31.9 Å². The van der Waals surface area contributed by atoms with Gasteiger partial charge in [0.1, 0.15) is 0 Å². The summed E-state index contributed by atoms with van der Waals surface area (Å²) < 4.78 is 5.59. The molecule has 2 aliphatic rings. The van der Waals surface area contributed by atoms with E-state index < -0.39 is 11.6 Å². The number of esters is 1. The standard InChI is InChI=1S/C24H22N2O3S/c1-24(14-16-6-2-3-7-18(16)22(27)29-24)23(28)25-19-8-4-5-9-20(19)26-12-10-21-17(15-26)11-13-30-21/h2-9,11,13H,10,12,14-15H2,1H3,(H,25,28). The van der Waals surface area contributed by atoms with Gasteiger partial charge in [-0.2, -0.15) is 0 Å². The van der Waals surface area contributed by atoms with E-state index in [1.165, 1.54) is 10.4 Å². The molecule has 2 aromatic carbocycles. The molecule has 0 spiro atoms. The van der Waals surface area contributed by atoms with Gasteiger partial charge in [0.05, 0.1) is 16.9 Å². The van der Waals surface area contributed by atoms with Crippen LogP contribution in [0.15, 0.2) is 60.0 Å². The summed E-state index contributed by atoms with van der Waals surface area (Å²) >= 11 is 1.81. The van der Waals surface area contributed by atoms with Gasteiger partial charge in [0.25, 0.3) is 5.91 Å². The zero-order chi connectivity index (χ0) is 20.7. The molecule has 1 amide bonds. The fourth-order valence-electron chi connectivity index (χ4n) is 4.22. The Morgan fingerprint density at radius 3 is 2.80 bits per heavy atom. The number of carbonyl (C=O) groups excluding carboxylic acids is 2. The molecule has 152 valence electrons. The van der Waals surface area contributed by atoms with Crippen molar-refractivity contribution in [2.24, 2.45) is 0 Å². The second kappa shape index (κ2) is 7.29. The Morgan fingerprint density at radius 2 is 1.90 bits per heavy atom. The van der Waals surface area contributed by atoms with Crippen molar-refractivity contribution in [3.8, 4) is 0 Å². The Bertz CT molecular complexity index is 1140. The summed E-state index contributed by atoms with van der Waals surface area (Å²) in [6, 6.07) is 17.3. The number of para-hydroxylation sites is 2. The molecule has 0 bridgehead atoms. The fraction of sp³-hybridized carbons (Fsp3) is 0.250. The predicted molar refractivity (Wildman–Crippen MR) is 118 cm³/mol. The smallest absolute Gasteiger partial charge is 0.339 e. The van der Waals surface area contributed by atoms with Crippen molar-refractivity contribution < 1.29 is 14.3 Å². The number of fused-ring (bicyclic) bond motifs is 2. The van der Waals surface area contributed by atoms with E-state index in [4.69, 9.17) is 4.74 Å². The van der Waals surface area contributed by atoms with Crippen LogP contribution in [0.3, 0.4) is 0 Å². The van der Waals surface area contributed by atoms with Gasteiger partial charge in [-0.1, -0.05) is 30.3 Å². The second-order valence-electron chi connectivity index (χ2n) is 7.97. The van der Waals surface area contributed by atoms with Gasteiger partial charge in [-0.15, -0.1) is 11.3 Å². The molecule has 1 N–H and O–H groups in total. The predicted octanol–water partition coefficient (Wildman–Crippen LogP) is 4.42. The molecular weight excluding hydrogens is 396 g/mol. The minimum absolute atomic E-state index is 0.314. The number of rotatable bonds is 3. The fourth-order valence-corrected chi connectivity index (χ4v) is 5.11. The zero-order valence-electron chi connectivity index (χ0n) is 16.7. The first-order valence-corrected chi connectivity index (χ1v) is 10.9. The number of ether oxygens (including phenoxy) is 1. The van der Waals surface area contributed by atoms with E-state index in [0.29, 0.717) is 12.0 Å². The molecule has 3 heterocycles. The highest BCUT2D eigenvalue weighted by atomic mass is 32.1. The Kier molecular flexibility index (Phi) is 4.59. The van der Waals surface area contributed by atoms with E-state index in [0.717, 1.165) is 36.4 Å². The van der Waals surface area contributed by atoms with Crippen molar-refractivity contribution in [2.75, 3.05) is 16.8 Å². The van der Waals surface area contributed by atoms with E-state index in [1.807, 2.05) is 36.4 Å². The third kappa shape index (κ3) is 3.27. The number of thiophene rings is 1. The van der Waals surface area contributed by atoms with Crippen LogP contribution in [0, 0.1) is 0 Å². The highest BCUT2D eigenvalue weighted by Gasteiger charge is 2.42. The molecule has 0 aliphatic carbocycles. The van der Waals surface area contributed by atoms with E-state index >= 15 is 0 Å². The van der Waals surface area contributed by atoms with E-state index in [2.05, 4.69) is 21.7 Å². The summed E-state index contributed by atoms with van der Waals surface area (Å²) in [7, 11) is 0. The number of anilines is 2. The average Bonchev–Trinajstić information content (AvgIpc) is 3.22. The van der Waals surface area contributed by atoms with Gasteiger partial charge in [0.15, 0.2) is 5.60 Å². The van der Waals surface area contributed by atoms with E-state index in [-0.39, 0.29) is 5.91 Å². The maximum atomic E-state index is 13.2. The third-order valence-corrected chi connectivity index (χ3v) is 6.89. The summed E-state index contributed by atoms with van der Waals surface area (Å²) in [4.78, 5) is 29.4. The maximum absolute atomic E-state index is 13.2. The Balaban J connectivity index is 1.39. The summed E-state index contributed by atoms with van der Waals surface area (Å²) in [6.45, 7) is 3.41. The van der Waals surface area contributed by atoms with Crippen LogP contribution in [0.5, 0.6) is 0 Å². The topological polar surface area (TPSA) is 58.6 Å². The van der Waals surface area contributed by atoms with Gasteiger partial charge in [-0.3, -0.25) is 4.79 Å². The number of nitrogens with one attached hydrogen (secondary N) is 1. The van der Waals surface area contributed by atoms with Crippen LogP contribution in [-0.4, -0.2) is 24.0 Å². The Hall–Kier alpha value is -3.12. The summed E-state index contributed by atoms with van der Waals surface area (Å²) in [6.07, 6.45) is 1.35. The molecule has 1 unspecified atom stereocenters. The minimum Gasteiger partial charge on any atom is -0.445 e. The molecular formula is C24H22N2O3S. The second-order valence-corrected chi connectivity index (χ2v) is 8.97. The zero-order valence-corrected chi connectivity index (χ0v) is 17.5. The van der Waals surface area contributed by atoms with E-state index in [9.17, 15) is 9.59 Å². The monoisotopic (exact) mass is 418 g/mol. The normalized spacial score (nSPS) is 20.2. The molecule has 1 atom stereocenters. The third-order valence-electron chi connectivity index (χ3n) is 5.86. The first kappa shape index (κ1) is 18.9. The number of cyclic esters (lactones) is 1. The Labute approximate surface area is 179 Å². The van der Waals surface area contributed by atoms with Crippen molar-refractivity contribution in [1.82, 2.24) is 0 Å². The molecule has 0 fully saturated rings.